The van der Waals surface area contributed by atoms with Crippen molar-refractivity contribution in [1.29, 1.82) is 0 Å². The lowest BCUT2D eigenvalue weighted by Crippen LogP contribution is -2.72. The Hall–Kier alpha value is -0.810. The molecule has 0 bridgehead atoms. The van der Waals surface area contributed by atoms with Crippen molar-refractivity contribution in [2.24, 2.45) is 22.2 Å². The van der Waals surface area contributed by atoms with E-state index < -0.39 is 0 Å². The van der Waals surface area contributed by atoms with Gasteiger partial charge in [0.15, 0.2) is 5.96 Å². The fraction of sp³-hybridized carbons (Fsp3) is 0.941. The van der Waals surface area contributed by atoms with E-state index in [0.717, 1.165) is 32.3 Å². The molecule has 4 aliphatic rings. The molecule has 1 spiro atoms. The molecule has 5 nitrogen and oxygen atoms in total. The highest BCUT2D eigenvalue weighted by molar-refractivity contribution is 5.80. The largest absolute Gasteiger partial charge is 0.381 e. The van der Waals surface area contributed by atoms with Crippen LogP contribution in [0, 0.1) is 17.3 Å². The Labute approximate surface area is 133 Å². The van der Waals surface area contributed by atoms with E-state index in [4.69, 9.17) is 9.47 Å². The lowest BCUT2D eigenvalue weighted by atomic mass is 9.46. The van der Waals surface area contributed by atoms with Crippen LogP contribution in [0.2, 0.25) is 0 Å². The molecule has 4 fully saturated rings. The quantitative estimate of drug-likeness (QED) is 0.634. The van der Waals surface area contributed by atoms with Gasteiger partial charge in [-0.2, -0.15) is 0 Å². The molecule has 2 saturated carbocycles. The van der Waals surface area contributed by atoms with Crippen molar-refractivity contribution >= 4 is 5.96 Å². The van der Waals surface area contributed by atoms with Crippen LogP contribution in [0.5, 0.6) is 0 Å². The Balaban J connectivity index is 1.40. The monoisotopic (exact) mass is 307 g/mol. The minimum absolute atomic E-state index is 0.411. The van der Waals surface area contributed by atoms with Gasteiger partial charge < -0.3 is 19.7 Å². The second kappa shape index (κ2) is 5.68. The summed E-state index contributed by atoms with van der Waals surface area (Å²) in [6.07, 6.45) is 6.91. The molecule has 1 N–H and O–H groups in total. The molecule has 2 aliphatic carbocycles. The van der Waals surface area contributed by atoms with Gasteiger partial charge in [-0.3, -0.25) is 4.99 Å². The SMILES string of the molecule is CN=C(NC1C2CCOC2C12CCC2)N(C)CC1CCOC1. The van der Waals surface area contributed by atoms with E-state index in [1.54, 1.807) is 0 Å². The normalized spacial score (nSPS) is 39.3. The van der Waals surface area contributed by atoms with Crippen molar-refractivity contribution in [3.8, 4) is 0 Å². The van der Waals surface area contributed by atoms with Gasteiger partial charge >= 0.3 is 0 Å². The van der Waals surface area contributed by atoms with E-state index in [1.165, 1.54) is 32.1 Å². The highest BCUT2D eigenvalue weighted by atomic mass is 16.5. The molecule has 0 aromatic rings. The molecule has 0 radical (unpaired) electrons. The lowest BCUT2D eigenvalue weighted by molar-refractivity contribution is -0.171. The molecule has 4 rings (SSSR count). The average Bonchev–Trinajstić information content (AvgIpc) is 3.09. The van der Waals surface area contributed by atoms with E-state index >= 15 is 0 Å². The summed E-state index contributed by atoms with van der Waals surface area (Å²) in [7, 11) is 4.06. The fourth-order valence-electron chi connectivity index (χ4n) is 5.14. The zero-order valence-electron chi connectivity index (χ0n) is 13.9. The van der Waals surface area contributed by atoms with Crippen LogP contribution in [0.4, 0.5) is 0 Å². The maximum atomic E-state index is 6.01. The average molecular weight is 307 g/mol. The van der Waals surface area contributed by atoms with Gasteiger partial charge in [-0.15, -0.1) is 0 Å². The number of fused-ring (bicyclic) bond motifs is 2. The van der Waals surface area contributed by atoms with Crippen molar-refractivity contribution < 1.29 is 9.47 Å². The van der Waals surface area contributed by atoms with E-state index in [0.29, 0.717) is 29.4 Å². The molecular weight excluding hydrogens is 278 g/mol. The highest BCUT2D eigenvalue weighted by Crippen LogP contribution is 2.62. The molecule has 0 aromatic carbocycles. The van der Waals surface area contributed by atoms with Crippen LogP contribution < -0.4 is 5.32 Å². The van der Waals surface area contributed by atoms with Crippen LogP contribution in [0.3, 0.4) is 0 Å². The number of nitrogens with one attached hydrogen (secondary N) is 1. The first kappa shape index (κ1) is 14.8. The number of aliphatic imine (C=N–C) groups is 1. The Kier molecular flexibility index (Phi) is 3.81. The van der Waals surface area contributed by atoms with Crippen LogP contribution in [0.1, 0.15) is 32.1 Å². The van der Waals surface area contributed by atoms with Gasteiger partial charge in [0, 0.05) is 57.1 Å². The van der Waals surface area contributed by atoms with Crippen LogP contribution in [-0.4, -0.2) is 63.5 Å². The summed E-state index contributed by atoms with van der Waals surface area (Å²) in [4.78, 5) is 6.83. The van der Waals surface area contributed by atoms with E-state index in [2.05, 4.69) is 22.3 Å². The summed E-state index contributed by atoms with van der Waals surface area (Å²) >= 11 is 0. The van der Waals surface area contributed by atoms with E-state index in [-0.39, 0.29) is 0 Å². The minimum Gasteiger partial charge on any atom is -0.381 e. The van der Waals surface area contributed by atoms with Gasteiger partial charge in [-0.25, -0.2) is 0 Å². The molecule has 22 heavy (non-hydrogen) atoms. The minimum atomic E-state index is 0.411. The standard InChI is InChI=1S/C17H29N3O2/c1-18-16(20(2)10-12-4-8-21-11-12)19-14-13-5-9-22-15(13)17(14)6-3-7-17/h12-15H,3-11H2,1-2H3,(H,18,19). The molecule has 2 heterocycles. The van der Waals surface area contributed by atoms with Gasteiger partial charge in [0.05, 0.1) is 12.7 Å². The van der Waals surface area contributed by atoms with Crippen molar-refractivity contribution in [3.05, 3.63) is 0 Å². The van der Waals surface area contributed by atoms with Crippen LogP contribution in [-0.2, 0) is 9.47 Å². The van der Waals surface area contributed by atoms with Crippen molar-refractivity contribution in [2.75, 3.05) is 40.5 Å². The lowest BCUT2D eigenvalue weighted by Gasteiger charge is -2.63. The summed E-state index contributed by atoms with van der Waals surface area (Å²) in [6.45, 7) is 3.79. The third-order valence-corrected chi connectivity index (χ3v) is 6.45. The number of rotatable bonds is 3. The predicted molar refractivity (Wildman–Crippen MR) is 86.0 cm³/mol. The number of nitrogens with zero attached hydrogens (tertiary/aromatic N) is 2. The fourth-order valence-corrected chi connectivity index (χ4v) is 5.14. The number of hydrogen-bond donors (Lipinski definition) is 1. The first-order valence-corrected chi connectivity index (χ1v) is 8.88. The third-order valence-electron chi connectivity index (χ3n) is 6.45. The van der Waals surface area contributed by atoms with E-state index in [1.807, 2.05) is 7.05 Å². The first-order chi connectivity index (χ1) is 10.7. The Bertz CT molecular complexity index is 443. The summed E-state index contributed by atoms with van der Waals surface area (Å²) in [5, 5.41) is 3.80. The molecule has 4 atom stereocenters. The third kappa shape index (κ3) is 2.16. The zero-order valence-corrected chi connectivity index (χ0v) is 13.9. The molecular formula is C17H29N3O2. The van der Waals surface area contributed by atoms with Crippen molar-refractivity contribution in [1.82, 2.24) is 10.2 Å². The molecule has 2 aliphatic heterocycles. The molecule has 4 unspecified atom stereocenters. The highest BCUT2D eigenvalue weighted by Gasteiger charge is 2.66. The van der Waals surface area contributed by atoms with Gasteiger partial charge in [0.1, 0.15) is 0 Å². The molecule has 2 saturated heterocycles. The predicted octanol–water partition coefficient (Wildman–Crippen LogP) is 1.49. The summed E-state index contributed by atoms with van der Waals surface area (Å²) in [6, 6.07) is 0.565. The zero-order chi connectivity index (χ0) is 15.2. The van der Waals surface area contributed by atoms with Crippen molar-refractivity contribution in [3.63, 3.8) is 0 Å². The van der Waals surface area contributed by atoms with Gasteiger partial charge in [-0.1, -0.05) is 6.42 Å². The first-order valence-electron chi connectivity index (χ1n) is 8.88. The Morgan fingerprint density at radius 2 is 2.18 bits per heavy atom. The summed E-state index contributed by atoms with van der Waals surface area (Å²) in [5.74, 6) is 2.39. The van der Waals surface area contributed by atoms with Crippen molar-refractivity contribution in [2.45, 2.75) is 44.2 Å². The van der Waals surface area contributed by atoms with Gasteiger partial charge in [-0.05, 0) is 25.7 Å². The molecule has 0 amide bonds. The van der Waals surface area contributed by atoms with E-state index in [9.17, 15) is 0 Å². The summed E-state index contributed by atoms with van der Waals surface area (Å²) in [5.41, 5.74) is 0.411. The molecule has 0 aromatic heterocycles. The number of hydrogen-bond acceptors (Lipinski definition) is 3. The Morgan fingerprint density at radius 1 is 1.32 bits per heavy atom. The smallest absolute Gasteiger partial charge is 0.193 e. The topological polar surface area (TPSA) is 46.1 Å². The van der Waals surface area contributed by atoms with Gasteiger partial charge in [0.25, 0.3) is 0 Å². The van der Waals surface area contributed by atoms with Gasteiger partial charge in [0.2, 0.25) is 0 Å². The number of ether oxygens (including phenoxy) is 2. The second-order valence-electron chi connectivity index (χ2n) is 7.61. The summed E-state index contributed by atoms with van der Waals surface area (Å²) < 4.78 is 11.5. The van der Waals surface area contributed by atoms with Crippen LogP contribution >= 0.6 is 0 Å². The van der Waals surface area contributed by atoms with Crippen LogP contribution in [0.25, 0.3) is 0 Å². The molecule has 124 valence electrons. The second-order valence-corrected chi connectivity index (χ2v) is 7.61. The maximum absolute atomic E-state index is 6.01. The van der Waals surface area contributed by atoms with Crippen LogP contribution in [0.15, 0.2) is 4.99 Å². The Morgan fingerprint density at radius 3 is 2.82 bits per heavy atom. The molecule has 5 heteroatoms. The maximum Gasteiger partial charge on any atom is 0.193 e. The number of guanidine groups is 1.